The van der Waals surface area contributed by atoms with Gasteiger partial charge >= 0.3 is 0 Å². The number of piperazine rings is 1. The highest BCUT2D eigenvalue weighted by atomic mass is 35.5. The van der Waals surface area contributed by atoms with Crippen LogP contribution in [0.5, 0.6) is 0 Å². The Morgan fingerprint density at radius 1 is 1.29 bits per heavy atom. The molecule has 1 unspecified atom stereocenters. The van der Waals surface area contributed by atoms with Crippen molar-refractivity contribution in [3.63, 3.8) is 0 Å². The van der Waals surface area contributed by atoms with Crippen molar-refractivity contribution in [1.29, 1.82) is 0 Å². The van der Waals surface area contributed by atoms with Crippen LogP contribution in [-0.4, -0.2) is 43.2 Å². The molecule has 3 rings (SSSR count). The molecule has 0 radical (unpaired) electrons. The second kappa shape index (κ2) is 6.55. The molecule has 0 bridgehead atoms. The highest BCUT2D eigenvalue weighted by Gasteiger charge is 2.31. The first-order chi connectivity index (χ1) is 10.1. The van der Waals surface area contributed by atoms with E-state index in [9.17, 15) is 0 Å². The summed E-state index contributed by atoms with van der Waals surface area (Å²) in [6.45, 7) is 9.92. The second-order valence-electron chi connectivity index (χ2n) is 6.56. The number of fused-ring (bicyclic) bond motifs is 1. The summed E-state index contributed by atoms with van der Waals surface area (Å²) in [5, 5.41) is 4.41. The fourth-order valence-electron chi connectivity index (χ4n) is 3.57. The summed E-state index contributed by atoms with van der Waals surface area (Å²) in [5.41, 5.74) is 2.57. The molecule has 116 valence electrons. The molecule has 0 aliphatic carbocycles. The van der Waals surface area contributed by atoms with E-state index in [1.54, 1.807) is 0 Å². The van der Waals surface area contributed by atoms with Crippen LogP contribution < -0.4 is 10.2 Å². The Morgan fingerprint density at radius 3 is 2.95 bits per heavy atom. The summed E-state index contributed by atoms with van der Waals surface area (Å²) in [6.07, 6.45) is 2.68. The number of halogens is 1. The molecular formula is C17H26ClN3. The lowest BCUT2D eigenvalue weighted by molar-refractivity contribution is 0.231. The molecule has 1 atom stereocenters. The molecule has 1 aromatic rings. The van der Waals surface area contributed by atoms with Crippen LogP contribution in [0.4, 0.5) is 5.69 Å². The number of para-hydroxylation sites is 1. The summed E-state index contributed by atoms with van der Waals surface area (Å²) in [6, 6.07) is 7.51. The van der Waals surface area contributed by atoms with Crippen molar-refractivity contribution in [3.05, 3.63) is 28.8 Å². The van der Waals surface area contributed by atoms with Gasteiger partial charge in [-0.1, -0.05) is 37.6 Å². The average Bonchev–Trinajstić information content (AvgIpc) is 2.92. The van der Waals surface area contributed by atoms with Crippen LogP contribution in [0.25, 0.3) is 0 Å². The van der Waals surface area contributed by atoms with E-state index >= 15 is 0 Å². The maximum atomic E-state index is 6.54. The van der Waals surface area contributed by atoms with Gasteiger partial charge in [-0.25, -0.2) is 0 Å². The molecular weight excluding hydrogens is 282 g/mol. The van der Waals surface area contributed by atoms with Gasteiger partial charge in [-0.2, -0.15) is 0 Å². The normalized spacial score (nSPS) is 22.9. The molecule has 0 aromatic heterocycles. The number of nitrogens with one attached hydrogen (secondary N) is 1. The van der Waals surface area contributed by atoms with Gasteiger partial charge in [0.2, 0.25) is 0 Å². The molecule has 0 saturated carbocycles. The van der Waals surface area contributed by atoms with E-state index in [1.165, 1.54) is 37.2 Å². The molecule has 0 spiro atoms. The number of anilines is 1. The minimum atomic E-state index is 0.489. The summed E-state index contributed by atoms with van der Waals surface area (Å²) < 4.78 is 0. The number of hydrogen-bond donors (Lipinski definition) is 1. The van der Waals surface area contributed by atoms with Crippen molar-refractivity contribution in [2.75, 3.05) is 31.1 Å². The standard InChI is InChI=1S/C17H26ClN3/c1-13(2)19-11-14-5-3-7-16(18)17(14)21-10-9-20-8-4-6-15(20)12-21/h3,5,7,13,15,19H,4,6,8-12H2,1-2H3. The van der Waals surface area contributed by atoms with E-state index < -0.39 is 0 Å². The summed E-state index contributed by atoms with van der Waals surface area (Å²) >= 11 is 6.54. The first kappa shape index (κ1) is 15.1. The first-order valence-electron chi connectivity index (χ1n) is 8.15. The molecule has 4 heteroatoms. The minimum Gasteiger partial charge on any atom is -0.367 e. The lowest BCUT2D eigenvalue weighted by Gasteiger charge is -2.40. The molecule has 3 nitrogen and oxygen atoms in total. The molecule has 2 saturated heterocycles. The van der Waals surface area contributed by atoms with Crippen LogP contribution in [0.15, 0.2) is 18.2 Å². The maximum Gasteiger partial charge on any atom is 0.0642 e. The van der Waals surface area contributed by atoms with Crippen LogP contribution >= 0.6 is 11.6 Å². The minimum absolute atomic E-state index is 0.489. The van der Waals surface area contributed by atoms with E-state index in [0.717, 1.165) is 30.7 Å². The monoisotopic (exact) mass is 307 g/mol. The molecule has 1 N–H and O–H groups in total. The third kappa shape index (κ3) is 3.36. The molecule has 21 heavy (non-hydrogen) atoms. The Hall–Kier alpha value is -0.770. The van der Waals surface area contributed by atoms with Crippen molar-refractivity contribution in [3.8, 4) is 0 Å². The van der Waals surface area contributed by atoms with Crippen LogP contribution in [0.3, 0.4) is 0 Å². The topological polar surface area (TPSA) is 18.5 Å². The summed E-state index contributed by atoms with van der Waals surface area (Å²) in [4.78, 5) is 5.14. The van der Waals surface area contributed by atoms with Crippen LogP contribution in [0.2, 0.25) is 5.02 Å². The van der Waals surface area contributed by atoms with Gasteiger partial charge in [0, 0.05) is 38.3 Å². The van der Waals surface area contributed by atoms with Crippen molar-refractivity contribution in [1.82, 2.24) is 10.2 Å². The van der Waals surface area contributed by atoms with Crippen molar-refractivity contribution in [2.24, 2.45) is 0 Å². The van der Waals surface area contributed by atoms with Crippen LogP contribution in [0, 0.1) is 0 Å². The number of rotatable bonds is 4. The Balaban J connectivity index is 1.80. The zero-order chi connectivity index (χ0) is 14.8. The van der Waals surface area contributed by atoms with E-state index in [2.05, 4.69) is 41.1 Å². The number of nitrogens with zero attached hydrogens (tertiary/aromatic N) is 2. The van der Waals surface area contributed by atoms with E-state index in [4.69, 9.17) is 11.6 Å². The maximum absolute atomic E-state index is 6.54. The fourth-order valence-corrected chi connectivity index (χ4v) is 3.88. The number of benzene rings is 1. The van der Waals surface area contributed by atoms with Gasteiger partial charge in [-0.3, -0.25) is 4.90 Å². The third-order valence-corrected chi connectivity index (χ3v) is 4.98. The number of hydrogen-bond acceptors (Lipinski definition) is 3. The van der Waals surface area contributed by atoms with Crippen molar-refractivity contribution >= 4 is 17.3 Å². The predicted molar refractivity (Wildman–Crippen MR) is 90.2 cm³/mol. The van der Waals surface area contributed by atoms with Crippen molar-refractivity contribution < 1.29 is 0 Å². The Labute approximate surface area is 133 Å². The smallest absolute Gasteiger partial charge is 0.0642 e. The largest absolute Gasteiger partial charge is 0.367 e. The lowest BCUT2D eigenvalue weighted by atomic mass is 10.1. The SMILES string of the molecule is CC(C)NCc1cccc(Cl)c1N1CCN2CCCC2C1. The molecule has 2 fully saturated rings. The molecule has 2 aliphatic rings. The highest BCUT2D eigenvalue weighted by molar-refractivity contribution is 6.33. The quantitative estimate of drug-likeness (QED) is 0.922. The highest BCUT2D eigenvalue weighted by Crippen LogP contribution is 2.33. The van der Waals surface area contributed by atoms with E-state index in [1.807, 2.05) is 6.07 Å². The Kier molecular flexibility index (Phi) is 4.72. The lowest BCUT2D eigenvalue weighted by Crippen LogP contribution is -2.50. The Bertz CT molecular complexity index is 489. The van der Waals surface area contributed by atoms with Gasteiger partial charge in [-0.05, 0) is 31.0 Å². The average molecular weight is 308 g/mol. The molecule has 1 aromatic carbocycles. The molecule has 0 amide bonds. The van der Waals surface area contributed by atoms with E-state index in [0.29, 0.717) is 6.04 Å². The zero-order valence-corrected chi connectivity index (χ0v) is 13.9. The van der Waals surface area contributed by atoms with Crippen LogP contribution in [0.1, 0.15) is 32.3 Å². The van der Waals surface area contributed by atoms with E-state index in [-0.39, 0.29) is 0 Å². The van der Waals surface area contributed by atoms with Gasteiger partial charge in [0.1, 0.15) is 0 Å². The first-order valence-corrected chi connectivity index (χ1v) is 8.52. The van der Waals surface area contributed by atoms with Gasteiger partial charge < -0.3 is 10.2 Å². The van der Waals surface area contributed by atoms with Crippen LogP contribution in [-0.2, 0) is 6.54 Å². The predicted octanol–water partition coefficient (Wildman–Crippen LogP) is 3.12. The van der Waals surface area contributed by atoms with Gasteiger partial charge in [0.15, 0.2) is 0 Å². The summed E-state index contributed by atoms with van der Waals surface area (Å²) in [5.74, 6) is 0. The van der Waals surface area contributed by atoms with Gasteiger partial charge in [-0.15, -0.1) is 0 Å². The fraction of sp³-hybridized carbons (Fsp3) is 0.647. The van der Waals surface area contributed by atoms with Gasteiger partial charge in [0.25, 0.3) is 0 Å². The zero-order valence-electron chi connectivity index (χ0n) is 13.1. The molecule has 2 heterocycles. The van der Waals surface area contributed by atoms with Crippen molar-refractivity contribution in [2.45, 2.75) is 45.3 Å². The molecule has 2 aliphatic heterocycles. The third-order valence-electron chi connectivity index (χ3n) is 4.67. The van der Waals surface area contributed by atoms with Gasteiger partial charge in [0.05, 0.1) is 10.7 Å². The Morgan fingerprint density at radius 2 is 2.14 bits per heavy atom. The second-order valence-corrected chi connectivity index (χ2v) is 6.97. The summed E-state index contributed by atoms with van der Waals surface area (Å²) in [7, 11) is 0.